The highest BCUT2D eigenvalue weighted by Gasteiger charge is 2.46. The van der Waals surface area contributed by atoms with Gasteiger partial charge in [0.2, 0.25) is 11.8 Å². The summed E-state index contributed by atoms with van der Waals surface area (Å²) in [5, 5.41) is 10.8. The number of rotatable bonds is 5. The fourth-order valence-electron chi connectivity index (χ4n) is 5.22. The van der Waals surface area contributed by atoms with E-state index in [1.807, 2.05) is 53.0 Å². The van der Waals surface area contributed by atoms with Crippen LogP contribution in [0.4, 0.5) is 0 Å². The van der Waals surface area contributed by atoms with Crippen molar-refractivity contribution in [3.8, 4) is 0 Å². The quantitative estimate of drug-likeness (QED) is 0.731. The molecule has 0 bridgehead atoms. The Kier molecular flexibility index (Phi) is 6.46. The molecule has 4 rings (SSSR count). The van der Waals surface area contributed by atoms with E-state index in [9.17, 15) is 14.7 Å². The van der Waals surface area contributed by atoms with Crippen molar-refractivity contribution in [1.82, 2.24) is 19.4 Å². The summed E-state index contributed by atoms with van der Waals surface area (Å²) in [5.41, 5.74) is 0.399. The molecule has 1 aromatic heterocycles. The van der Waals surface area contributed by atoms with Gasteiger partial charge >= 0.3 is 0 Å². The van der Waals surface area contributed by atoms with Gasteiger partial charge in [-0.2, -0.15) is 0 Å². The summed E-state index contributed by atoms with van der Waals surface area (Å²) in [6.07, 6.45) is 6.95. The van der Waals surface area contributed by atoms with Crippen LogP contribution in [-0.4, -0.2) is 62.5 Å². The maximum absolute atomic E-state index is 13.9. The van der Waals surface area contributed by atoms with Crippen molar-refractivity contribution in [3.63, 3.8) is 0 Å². The number of nitrogens with zero attached hydrogens (tertiary/aromatic N) is 4. The molecule has 7 nitrogen and oxygen atoms in total. The minimum atomic E-state index is -0.622. The van der Waals surface area contributed by atoms with E-state index >= 15 is 0 Å². The molecule has 0 spiro atoms. The van der Waals surface area contributed by atoms with E-state index in [-0.39, 0.29) is 17.7 Å². The number of aromatic nitrogens is 2. The van der Waals surface area contributed by atoms with Crippen molar-refractivity contribution in [2.75, 3.05) is 26.2 Å². The van der Waals surface area contributed by atoms with Crippen LogP contribution in [0.15, 0.2) is 55.4 Å². The van der Waals surface area contributed by atoms with Gasteiger partial charge in [0.15, 0.2) is 0 Å². The van der Waals surface area contributed by atoms with Gasteiger partial charge in [-0.1, -0.05) is 36.9 Å². The average Bonchev–Trinajstić information content (AvgIpc) is 3.29. The van der Waals surface area contributed by atoms with E-state index in [1.165, 1.54) is 6.08 Å². The number of carbonyl (C=O) groups excluding carboxylic acids is 2. The molecule has 2 aliphatic heterocycles. The number of imidazole rings is 1. The summed E-state index contributed by atoms with van der Waals surface area (Å²) >= 11 is 0. The fraction of sp³-hybridized carbons (Fsp3) is 0.480. The maximum Gasteiger partial charge on any atom is 0.245 e. The molecule has 170 valence electrons. The van der Waals surface area contributed by atoms with Crippen molar-refractivity contribution in [3.05, 3.63) is 66.8 Å². The van der Waals surface area contributed by atoms with Gasteiger partial charge in [-0.05, 0) is 43.2 Å². The van der Waals surface area contributed by atoms with E-state index in [2.05, 4.69) is 11.6 Å². The van der Waals surface area contributed by atoms with Crippen molar-refractivity contribution >= 4 is 11.8 Å². The minimum Gasteiger partial charge on any atom is -0.385 e. The molecule has 2 amide bonds. The van der Waals surface area contributed by atoms with Crippen molar-refractivity contribution in [2.24, 2.45) is 13.0 Å². The lowest BCUT2D eigenvalue weighted by atomic mass is 9.71. The fourth-order valence-corrected chi connectivity index (χ4v) is 5.22. The third-order valence-corrected chi connectivity index (χ3v) is 7.24. The standard InChI is InChI=1S/C25H32N4O3/c1-3-21(30)28-16-11-25(12-17-28,20-7-5-4-6-8-20)24(32)29-14-9-19(10-15-29)22(31)23-26-13-18-27(23)2/h3-8,13,18-19,22,31H,1,9-12,14-17H2,2H3. The van der Waals surface area contributed by atoms with Crippen molar-refractivity contribution < 1.29 is 14.7 Å². The molecule has 2 fully saturated rings. The zero-order valence-corrected chi connectivity index (χ0v) is 18.7. The molecule has 1 unspecified atom stereocenters. The first kappa shape index (κ1) is 22.3. The molecular weight excluding hydrogens is 404 g/mol. The number of carbonyl (C=O) groups is 2. The van der Waals surface area contributed by atoms with Crippen LogP contribution in [0.1, 0.15) is 43.2 Å². The summed E-state index contributed by atoms with van der Waals surface area (Å²) in [7, 11) is 1.89. The maximum atomic E-state index is 13.9. The molecule has 2 aliphatic rings. The second-order valence-corrected chi connectivity index (χ2v) is 8.95. The van der Waals surface area contributed by atoms with Gasteiger partial charge in [-0.3, -0.25) is 9.59 Å². The highest BCUT2D eigenvalue weighted by atomic mass is 16.3. The normalized spacial score (nSPS) is 20.1. The lowest BCUT2D eigenvalue weighted by Gasteiger charge is -2.45. The van der Waals surface area contributed by atoms with E-state index in [1.54, 1.807) is 11.1 Å². The van der Waals surface area contributed by atoms with Crippen LogP contribution < -0.4 is 0 Å². The zero-order chi connectivity index (χ0) is 22.7. The first-order valence-electron chi connectivity index (χ1n) is 11.4. The van der Waals surface area contributed by atoms with E-state index < -0.39 is 11.5 Å². The molecule has 1 atom stereocenters. The number of hydrogen-bond acceptors (Lipinski definition) is 4. The molecular formula is C25H32N4O3. The third kappa shape index (κ3) is 4.09. The molecule has 0 aliphatic carbocycles. The number of aliphatic hydroxyl groups excluding tert-OH is 1. The summed E-state index contributed by atoms with van der Waals surface area (Å²) in [4.78, 5) is 34.0. The van der Waals surface area contributed by atoms with Gasteiger partial charge in [-0.15, -0.1) is 0 Å². The van der Waals surface area contributed by atoms with E-state index in [0.717, 1.165) is 18.4 Å². The second-order valence-electron chi connectivity index (χ2n) is 8.95. The number of aliphatic hydroxyl groups is 1. The number of benzene rings is 1. The van der Waals surface area contributed by atoms with Gasteiger partial charge in [0.1, 0.15) is 11.9 Å². The molecule has 1 aromatic carbocycles. The highest BCUT2D eigenvalue weighted by molar-refractivity contribution is 5.90. The summed E-state index contributed by atoms with van der Waals surface area (Å²) in [6.45, 7) is 5.91. The Hall–Kier alpha value is -2.93. The van der Waals surface area contributed by atoms with Gasteiger partial charge in [-0.25, -0.2) is 4.98 Å². The number of amides is 2. The lowest BCUT2D eigenvalue weighted by molar-refractivity contribution is -0.143. The predicted molar refractivity (Wildman–Crippen MR) is 122 cm³/mol. The molecule has 3 heterocycles. The van der Waals surface area contributed by atoms with Crippen LogP contribution in [0.3, 0.4) is 0 Å². The van der Waals surface area contributed by atoms with Gasteiger partial charge in [0.05, 0.1) is 5.41 Å². The van der Waals surface area contributed by atoms with Crippen LogP contribution in [-0.2, 0) is 22.1 Å². The second kappa shape index (κ2) is 9.28. The smallest absolute Gasteiger partial charge is 0.245 e. The van der Waals surface area contributed by atoms with Crippen LogP contribution in [0.2, 0.25) is 0 Å². The van der Waals surface area contributed by atoms with Crippen LogP contribution in [0.5, 0.6) is 0 Å². The first-order valence-corrected chi connectivity index (χ1v) is 11.4. The Balaban J connectivity index is 1.49. The van der Waals surface area contributed by atoms with Gasteiger partial charge < -0.3 is 19.5 Å². The molecule has 0 saturated carbocycles. The van der Waals surface area contributed by atoms with Crippen LogP contribution in [0.25, 0.3) is 0 Å². The van der Waals surface area contributed by atoms with Crippen LogP contribution >= 0.6 is 0 Å². The molecule has 1 N–H and O–H groups in total. The number of hydrogen-bond donors (Lipinski definition) is 1. The van der Waals surface area contributed by atoms with Gasteiger partial charge in [0, 0.05) is 45.6 Å². The third-order valence-electron chi connectivity index (χ3n) is 7.24. The van der Waals surface area contributed by atoms with Crippen LogP contribution in [0, 0.1) is 5.92 Å². The van der Waals surface area contributed by atoms with Crippen molar-refractivity contribution in [1.29, 1.82) is 0 Å². The number of likely N-dealkylation sites (tertiary alicyclic amines) is 2. The minimum absolute atomic E-state index is 0.0804. The first-order chi connectivity index (χ1) is 15.5. The monoisotopic (exact) mass is 436 g/mol. The molecule has 2 saturated heterocycles. The largest absolute Gasteiger partial charge is 0.385 e. The molecule has 7 heteroatoms. The summed E-state index contributed by atoms with van der Waals surface area (Å²) in [6, 6.07) is 9.96. The Labute approximate surface area is 189 Å². The molecule has 32 heavy (non-hydrogen) atoms. The topological polar surface area (TPSA) is 78.7 Å². The highest BCUT2D eigenvalue weighted by Crippen LogP contribution is 2.39. The van der Waals surface area contributed by atoms with Gasteiger partial charge in [0.25, 0.3) is 0 Å². The summed E-state index contributed by atoms with van der Waals surface area (Å²) in [5.74, 6) is 0.817. The average molecular weight is 437 g/mol. The lowest BCUT2D eigenvalue weighted by Crippen LogP contribution is -2.55. The SMILES string of the molecule is C=CC(=O)N1CCC(C(=O)N2CCC(C(O)c3nccn3C)CC2)(c2ccccc2)CC1. The Morgan fingerprint density at radius 1 is 1.12 bits per heavy atom. The van der Waals surface area contributed by atoms with Crippen molar-refractivity contribution in [2.45, 2.75) is 37.2 Å². The zero-order valence-electron chi connectivity index (χ0n) is 18.7. The van der Waals surface area contributed by atoms with E-state index in [0.29, 0.717) is 44.8 Å². The molecule has 0 radical (unpaired) electrons. The Morgan fingerprint density at radius 2 is 1.78 bits per heavy atom. The summed E-state index contributed by atoms with van der Waals surface area (Å²) < 4.78 is 1.85. The molecule has 2 aromatic rings. The Morgan fingerprint density at radius 3 is 2.34 bits per heavy atom. The number of piperidine rings is 2. The Bertz CT molecular complexity index is 955. The number of aryl methyl sites for hydroxylation is 1. The predicted octanol–water partition coefficient (Wildman–Crippen LogP) is 2.44. The van der Waals surface area contributed by atoms with E-state index in [4.69, 9.17) is 0 Å².